The van der Waals surface area contributed by atoms with Crippen molar-refractivity contribution in [1.82, 2.24) is 10.2 Å². The van der Waals surface area contributed by atoms with Gasteiger partial charge >= 0.3 is 5.97 Å². The second-order valence-corrected chi connectivity index (χ2v) is 6.62. The number of furan rings is 1. The van der Waals surface area contributed by atoms with Gasteiger partial charge in [-0.2, -0.15) is 0 Å². The molecule has 4 aromatic rings. The number of ether oxygens (including phenoxy) is 2. The van der Waals surface area contributed by atoms with Gasteiger partial charge in [0.1, 0.15) is 0 Å². The lowest BCUT2D eigenvalue weighted by molar-refractivity contribution is -0.134. The van der Waals surface area contributed by atoms with Crippen LogP contribution in [0.25, 0.3) is 23.1 Å². The summed E-state index contributed by atoms with van der Waals surface area (Å²) >= 11 is 0. The van der Waals surface area contributed by atoms with E-state index >= 15 is 0 Å². The molecule has 0 radical (unpaired) electrons. The fraction of sp³-hybridized carbons (Fsp3) is 0.130. The third-order valence-corrected chi connectivity index (χ3v) is 4.46. The fourth-order valence-electron chi connectivity index (χ4n) is 2.86. The lowest BCUT2D eigenvalue weighted by Crippen LogP contribution is -2.13. The Hall–Kier alpha value is -4.40. The van der Waals surface area contributed by atoms with Gasteiger partial charge in [-0.15, -0.1) is 10.2 Å². The van der Waals surface area contributed by atoms with E-state index in [0.29, 0.717) is 22.6 Å². The lowest BCUT2D eigenvalue weighted by Gasteiger charge is -2.11. The molecule has 0 spiro atoms. The average Bonchev–Trinajstić information content (AvgIpc) is 3.51. The van der Waals surface area contributed by atoms with Crippen LogP contribution in [0.4, 0.5) is 5.69 Å². The monoisotopic (exact) mass is 433 g/mol. The fourth-order valence-corrected chi connectivity index (χ4v) is 2.86. The molecule has 0 aliphatic heterocycles. The third kappa shape index (κ3) is 4.51. The van der Waals surface area contributed by atoms with Gasteiger partial charge in [0.2, 0.25) is 5.89 Å². The van der Waals surface area contributed by atoms with Crippen LogP contribution in [0.3, 0.4) is 0 Å². The number of nitrogens with one attached hydrogen (secondary N) is 1. The summed E-state index contributed by atoms with van der Waals surface area (Å²) in [5.41, 5.74) is 1.50. The summed E-state index contributed by atoms with van der Waals surface area (Å²) in [7, 11) is 1.44. The smallest absolute Gasteiger partial charge is 0.311 e. The molecule has 0 bridgehead atoms. The summed E-state index contributed by atoms with van der Waals surface area (Å²) < 4.78 is 21.4. The SMILES string of the molecule is CCC(=O)Oc1ccc(C(=O)Nc2cccc(-c3nnc(-c4ccco4)o3)c2)cc1OC. The van der Waals surface area contributed by atoms with Gasteiger partial charge in [-0.3, -0.25) is 9.59 Å². The molecule has 4 rings (SSSR count). The molecular formula is C23H19N3O6. The average molecular weight is 433 g/mol. The van der Waals surface area contributed by atoms with E-state index in [1.54, 1.807) is 49.4 Å². The number of rotatable bonds is 7. The molecule has 2 aromatic heterocycles. The summed E-state index contributed by atoms with van der Waals surface area (Å²) in [4.78, 5) is 24.3. The second kappa shape index (κ2) is 9.17. The van der Waals surface area contributed by atoms with Crippen molar-refractivity contribution in [2.45, 2.75) is 13.3 Å². The van der Waals surface area contributed by atoms with Crippen LogP contribution in [0, 0.1) is 0 Å². The highest BCUT2D eigenvalue weighted by Gasteiger charge is 2.15. The van der Waals surface area contributed by atoms with E-state index in [4.69, 9.17) is 18.3 Å². The van der Waals surface area contributed by atoms with E-state index in [9.17, 15) is 9.59 Å². The molecule has 0 fully saturated rings. The standard InChI is InChI=1S/C23H19N3O6/c1-3-20(27)31-17-10-9-14(13-19(17)29-2)21(28)24-16-7-4-6-15(12-16)22-25-26-23(32-22)18-8-5-11-30-18/h4-13H,3H2,1-2H3,(H,24,28). The Balaban J connectivity index is 1.51. The van der Waals surface area contributed by atoms with Crippen molar-refractivity contribution in [2.75, 3.05) is 12.4 Å². The van der Waals surface area contributed by atoms with Gasteiger partial charge in [-0.1, -0.05) is 13.0 Å². The molecular weight excluding hydrogens is 414 g/mol. The third-order valence-electron chi connectivity index (χ3n) is 4.46. The molecule has 2 heterocycles. The minimum absolute atomic E-state index is 0.227. The first-order valence-electron chi connectivity index (χ1n) is 9.75. The second-order valence-electron chi connectivity index (χ2n) is 6.62. The maximum atomic E-state index is 12.7. The molecule has 1 amide bonds. The van der Waals surface area contributed by atoms with E-state index in [1.165, 1.54) is 25.5 Å². The summed E-state index contributed by atoms with van der Waals surface area (Å²) in [6, 6.07) is 15.0. The first kappa shape index (κ1) is 20.9. The number of hydrogen-bond donors (Lipinski definition) is 1. The van der Waals surface area contributed by atoms with Crippen molar-refractivity contribution < 1.29 is 27.9 Å². The van der Waals surface area contributed by atoms with Gasteiger partial charge in [0.05, 0.1) is 13.4 Å². The van der Waals surface area contributed by atoms with Crippen LogP contribution in [-0.4, -0.2) is 29.2 Å². The number of methoxy groups -OCH3 is 1. The van der Waals surface area contributed by atoms with Gasteiger partial charge in [0, 0.05) is 23.2 Å². The molecule has 0 saturated carbocycles. The van der Waals surface area contributed by atoms with E-state index in [0.717, 1.165) is 0 Å². The Morgan fingerprint density at radius 3 is 2.59 bits per heavy atom. The maximum Gasteiger partial charge on any atom is 0.311 e. The van der Waals surface area contributed by atoms with Crippen molar-refractivity contribution in [3.05, 3.63) is 66.4 Å². The molecule has 1 N–H and O–H groups in total. The molecule has 0 aliphatic carbocycles. The first-order chi connectivity index (χ1) is 15.6. The number of aromatic nitrogens is 2. The van der Waals surface area contributed by atoms with Crippen LogP contribution in [-0.2, 0) is 4.79 Å². The van der Waals surface area contributed by atoms with Gasteiger partial charge in [0.25, 0.3) is 11.8 Å². The highest BCUT2D eigenvalue weighted by atomic mass is 16.6. The van der Waals surface area contributed by atoms with Crippen LogP contribution in [0.5, 0.6) is 11.5 Å². The number of carbonyl (C=O) groups excluding carboxylic acids is 2. The van der Waals surface area contributed by atoms with E-state index in [2.05, 4.69) is 15.5 Å². The quantitative estimate of drug-likeness (QED) is 0.333. The van der Waals surface area contributed by atoms with Crippen LogP contribution in [0.15, 0.2) is 69.7 Å². The van der Waals surface area contributed by atoms with Crippen LogP contribution in [0.2, 0.25) is 0 Å². The van der Waals surface area contributed by atoms with Crippen molar-refractivity contribution in [1.29, 1.82) is 0 Å². The van der Waals surface area contributed by atoms with E-state index in [-0.39, 0.29) is 35.6 Å². The minimum Gasteiger partial charge on any atom is -0.493 e. The summed E-state index contributed by atoms with van der Waals surface area (Å²) in [5, 5.41) is 10.8. The van der Waals surface area contributed by atoms with Gasteiger partial charge in [0.15, 0.2) is 17.3 Å². The van der Waals surface area contributed by atoms with Crippen LogP contribution in [0.1, 0.15) is 23.7 Å². The zero-order valence-corrected chi connectivity index (χ0v) is 17.3. The molecule has 0 aliphatic rings. The summed E-state index contributed by atoms with van der Waals surface area (Å²) in [5.74, 6) is 0.789. The van der Waals surface area contributed by atoms with Crippen LogP contribution >= 0.6 is 0 Å². The van der Waals surface area contributed by atoms with E-state index < -0.39 is 5.97 Å². The zero-order valence-electron chi connectivity index (χ0n) is 17.3. The zero-order chi connectivity index (χ0) is 22.5. The molecule has 32 heavy (non-hydrogen) atoms. The largest absolute Gasteiger partial charge is 0.493 e. The Kier molecular flexibility index (Phi) is 5.98. The Labute approximate surface area is 183 Å². The van der Waals surface area contributed by atoms with Crippen molar-refractivity contribution in [2.24, 2.45) is 0 Å². The number of hydrogen-bond acceptors (Lipinski definition) is 8. The number of amides is 1. The lowest BCUT2D eigenvalue weighted by atomic mass is 10.1. The number of anilines is 1. The Morgan fingerprint density at radius 1 is 1.00 bits per heavy atom. The Bertz CT molecular complexity index is 1250. The molecule has 162 valence electrons. The predicted molar refractivity (Wildman–Crippen MR) is 114 cm³/mol. The molecule has 2 aromatic carbocycles. The van der Waals surface area contributed by atoms with Crippen molar-refractivity contribution >= 4 is 17.6 Å². The molecule has 0 atom stereocenters. The van der Waals surface area contributed by atoms with E-state index in [1.807, 2.05) is 0 Å². The minimum atomic E-state index is -0.395. The summed E-state index contributed by atoms with van der Waals surface area (Å²) in [6.07, 6.45) is 1.75. The molecule has 0 unspecified atom stereocenters. The highest BCUT2D eigenvalue weighted by Crippen LogP contribution is 2.29. The highest BCUT2D eigenvalue weighted by molar-refractivity contribution is 6.05. The normalized spacial score (nSPS) is 10.6. The molecule has 0 saturated heterocycles. The van der Waals surface area contributed by atoms with Crippen LogP contribution < -0.4 is 14.8 Å². The number of esters is 1. The van der Waals surface area contributed by atoms with Crippen molar-refractivity contribution in [3.63, 3.8) is 0 Å². The van der Waals surface area contributed by atoms with Gasteiger partial charge in [-0.05, 0) is 48.5 Å². The Morgan fingerprint density at radius 2 is 1.84 bits per heavy atom. The predicted octanol–water partition coefficient (Wildman–Crippen LogP) is 4.57. The maximum absolute atomic E-state index is 12.7. The first-order valence-corrected chi connectivity index (χ1v) is 9.75. The number of carbonyl (C=O) groups is 2. The van der Waals surface area contributed by atoms with Gasteiger partial charge in [-0.25, -0.2) is 0 Å². The molecule has 9 nitrogen and oxygen atoms in total. The summed E-state index contributed by atoms with van der Waals surface area (Å²) in [6.45, 7) is 1.69. The topological polar surface area (TPSA) is 117 Å². The molecule has 9 heteroatoms. The number of benzene rings is 2. The van der Waals surface area contributed by atoms with Gasteiger partial charge < -0.3 is 23.6 Å². The van der Waals surface area contributed by atoms with Crippen molar-refractivity contribution in [3.8, 4) is 34.6 Å². The number of nitrogens with zero attached hydrogens (tertiary/aromatic N) is 2.